The molecule has 2 aromatic carbocycles. The highest BCUT2D eigenvalue weighted by Crippen LogP contribution is 2.32. The highest BCUT2D eigenvalue weighted by molar-refractivity contribution is 7.90. The number of aromatic nitrogens is 2. The first-order chi connectivity index (χ1) is 16.9. The number of benzene rings is 2. The Balaban J connectivity index is 1.81. The van der Waals surface area contributed by atoms with Crippen LogP contribution in [0.5, 0.6) is 0 Å². The smallest absolute Gasteiger partial charge is 0.263 e. The molecule has 8 nitrogen and oxygen atoms in total. The van der Waals surface area contributed by atoms with E-state index in [1.54, 1.807) is 48.5 Å². The molecule has 1 unspecified atom stereocenters. The van der Waals surface area contributed by atoms with Crippen LogP contribution >= 0.6 is 0 Å². The van der Waals surface area contributed by atoms with E-state index in [2.05, 4.69) is 19.1 Å². The van der Waals surface area contributed by atoms with Crippen molar-refractivity contribution in [2.24, 2.45) is 4.40 Å². The number of hydrogen-bond acceptors (Lipinski definition) is 6. The van der Waals surface area contributed by atoms with Crippen LogP contribution in [0.4, 0.5) is 0 Å². The van der Waals surface area contributed by atoms with Gasteiger partial charge in [0.2, 0.25) is 10.0 Å². The van der Waals surface area contributed by atoms with E-state index >= 15 is 0 Å². The SMILES string of the molecule is O=S(=O)(N=CC(c1ccccc1)[C@H](NS(=O)(=O)c1cccnc1)c1ccccc1)c1cccnc1. The van der Waals surface area contributed by atoms with Gasteiger partial charge in [0.15, 0.2) is 0 Å². The first kappa shape index (κ1) is 24.4. The third-order valence-corrected chi connectivity index (χ3v) is 7.88. The summed E-state index contributed by atoms with van der Waals surface area (Å²) < 4.78 is 58.8. The van der Waals surface area contributed by atoms with Gasteiger partial charge in [0.25, 0.3) is 10.0 Å². The van der Waals surface area contributed by atoms with E-state index in [1.165, 1.54) is 55.3 Å². The zero-order chi connectivity index (χ0) is 24.7. The van der Waals surface area contributed by atoms with Gasteiger partial charge in [0, 0.05) is 36.9 Å². The van der Waals surface area contributed by atoms with E-state index in [0.29, 0.717) is 11.1 Å². The van der Waals surface area contributed by atoms with Gasteiger partial charge in [-0.25, -0.2) is 13.1 Å². The van der Waals surface area contributed by atoms with Gasteiger partial charge in [-0.1, -0.05) is 60.7 Å². The monoisotopic (exact) mass is 506 g/mol. The van der Waals surface area contributed by atoms with Crippen molar-refractivity contribution in [1.82, 2.24) is 14.7 Å². The zero-order valence-corrected chi connectivity index (χ0v) is 20.0. The van der Waals surface area contributed by atoms with Gasteiger partial charge < -0.3 is 0 Å². The maximum Gasteiger partial charge on any atom is 0.283 e. The van der Waals surface area contributed by atoms with Crippen LogP contribution in [0.2, 0.25) is 0 Å². The van der Waals surface area contributed by atoms with Gasteiger partial charge in [0.1, 0.15) is 9.79 Å². The minimum absolute atomic E-state index is 0.00679. The second-order valence-electron chi connectivity index (χ2n) is 7.55. The molecule has 0 aliphatic heterocycles. The van der Waals surface area contributed by atoms with Gasteiger partial charge in [-0.2, -0.15) is 12.8 Å². The highest BCUT2D eigenvalue weighted by atomic mass is 32.2. The highest BCUT2D eigenvalue weighted by Gasteiger charge is 2.29. The largest absolute Gasteiger partial charge is 0.283 e. The number of nitrogens with one attached hydrogen (secondary N) is 1. The molecule has 2 atom stereocenters. The average Bonchev–Trinajstić information content (AvgIpc) is 2.90. The van der Waals surface area contributed by atoms with Crippen molar-refractivity contribution < 1.29 is 16.8 Å². The maximum atomic E-state index is 13.3. The van der Waals surface area contributed by atoms with E-state index in [9.17, 15) is 16.8 Å². The van der Waals surface area contributed by atoms with E-state index < -0.39 is 32.0 Å². The summed E-state index contributed by atoms with van der Waals surface area (Å²) in [7, 11) is -8.06. The summed E-state index contributed by atoms with van der Waals surface area (Å²) in [4.78, 5) is 7.69. The second-order valence-corrected chi connectivity index (χ2v) is 10.9. The Morgan fingerprint density at radius 2 is 1.23 bits per heavy atom. The summed E-state index contributed by atoms with van der Waals surface area (Å²) >= 11 is 0. The molecule has 10 heteroatoms. The normalized spacial score (nSPS) is 13.9. The lowest BCUT2D eigenvalue weighted by Crippen LogP contribution is -2.33. The number of sulfonamides is 2. The Bertz CT molecular complexity index is 1480. The first-order valence-electron chi connectivity index (χ1n) is 10.6. The third-order valence-electron chi connectivity index (χ3n) is 5.22. The molecule has 0 aliphatic rings. The summed E-state index contributed by atoms with van der Waals surface area (Å²) in [5, 5.41) is 0. The van der Waals surface area contributed by atoms with Crippen molar-refractivity contribution in [3.8, 4) is 0 Å². The molecule has 4 aromatic rings. The molecule has 0 radical (unpaired) electrons. The van der Waals surface area contributed by atoms with Gasteiger partial charge >= 0.3 is 0 Å². The molecular weight excluding hydrogens is 484 g/mol. The Hall–Kier alpha value is -3.73. The van der Waals surface area contributed by atoms with E-state index in [1.807, 2.05) is 12.1 Å². The van der Waals surface area contributed by atoms with Gasteiger partial charge in [-0.15, -0.1) is 0 Å². The quantitative estimate of drug-likeness (QED) is 0.346. The molecule has 2 aromatic heterocycles. The summed E-state index contributed by atoms with van der Waals surface area (Å²) in [6, 6.07) is 22.9. The van der Waals surface area contributed by atoms with E-state index in [-0.39, 0.29) is 9.79 Å². The average molecular weight is 507 g/mol. The van der Waals surface area contributed by atoms with Crippen molar-refractivity contribution in [1.29, 1.82) is 0 Å². The minimum Gasteiger partial charge on any atom is -0.263 e. The van der Waals surface area contributed by atoms with E-state index in [4.69, 9.17) is 0 Å². The topological polar surface area (TPSA) is 118 Å². The van der Waals surface area contributed by atoms with Gasteiger partial charge in [0.05, 0.1) is 6.04 Å². The third kappa shape index (κ3) is 6.04. The first-order valence-corrected chi connectivity index (χ1v) is 13.5. The Labute approximate surface area is 204 Å². The van der Waals surface area contributed by atoms with Crippen LogP contribution in [-0.4, -0.2) is 33.0 Å². The van der Waals surface area contributed by atoms with E-state index in [0.717, 1.165) is 0 Å². The molecule has 0 fully saturated rings. The predicted octanol–water partition coefficient (Wildman–Crippen LogP) is 3.74. The van der Waals surface area contributed by atoms with Crippen molar-refractivity contribution >= 4 is 26.3 Å². The molecular formula is C25H22N4O4S2. The molecule has 0 bridgehead atoms. The number of pyridine rings is 2. The van der Waals surface area contributed by atoms with Crippen LogP contribution in [0, 0.1) is 0 Å². The molecule has 0 saturated heterocycles. The number of hydrogen-bond donors (Lipinski definition) is 1. The fourth-order valence-corrected chi connectivity index (χ4v) is 5.56. The summed E-state index contributed by atoms with van der Waals surface area (Å²) in [5.74, 6) is -0.753. The predicted molar refractivity (Wildman–Crippen MR) is 133 cm³/mol. The van der Waals surface area contributed by atoms with Gasteiger partial charge in [-0.3, -0.25) is 9.97 Å². The summed E-state index contributed by atoms with van der Waals surface area (Å²) in [5.41, 5.74) is 1.32. The zero-order valence-electron chi connectivity index (χ0n) is 18.4. The van der Waals surface area contributed by atoms with Crippen LogP contribution in [0.25, 0.3) is 0 Å². The Morgan fingerprint density at radius 1 is 0.686 bits per heavy atom. The second kappa shape index (κ2) is 10.7. The van der Waals surface area contributed by atoms with Crippen LogP contribution in [0.1, 0.15) is 23.1 Å². The number of nitrogens with zero attached hydrogens (tertiary/aromatic N) is 3. The van der Waals surface area contributed by atoms with Crippen molar-refractivity contribution in [3.05, 3.63) is 121 Å². The molecule has 0 saturated carbocycles. The number of rotatable bonds is 9. The lowest BCUT2D eigenvalue weighted by atomic mass is 9.88. The lowest BCUT2D eigenvalue weighted by molar-refractivity contribution is 0.546. The molecule has 0 spiro atoms. The minimum atomic E-state index is -4.06. The molecule has 4 rings (SSSR count). The van der Waals surface area contributed by atoms with Crippen LogP contribution in [-0.2, 0) is 20.0 Å². The molecule has 35 heavy (non-hydrogen) atoms. The Morgan fingerprint density at radius 3 is 1.77 bits per heavy atom. The molecule has 1 N–H and O–H groups in total. The molecule has 2 heterocycles. The van der Waals surface area contributed by atoms with Gasteiger partial charge in [-0.05, 0) is 35.4 Å². The van der Waals surface area contributed by atoms with Crippen molar-refractivity contribution in [2.75, 3.05) is 0 Å². The van der Waals surface area contributed by atoms with Crippen LogP contribution in [0.15, 0.2) is 124 Å². The van der Waals surface area contributed by atoms with Crippen LogP contribution < -0.4 is 4.72 Å². The standard InChI is InChI=1S/C25H22N4O4S2/c30-34(31,22-13-7-15-26-17-22)28-19-24(20-9-3-1-4-10-20)25(21-11-5-2-6-12-21)29-35(32,33)23-14-8-16-27-18-23/h1-19,24-25,29H/t24?,25-/m1/s1. The molecule has 0 amide bonds. The fourth-order valence-electron chi connectivity index (χ4n) is 3.50. The molecule has 0 aliphatic carbocycles. The summed E-state index contributed by atoms with van der Waals surface area (Å²) in [6.07, 6.45) is 6.68. The van der Waals surface area contributed by atoms with Crippen molar-refractivity contribution in [3.63, 3.8) is 0 Å². The van der Waals surface area contributed by atoms with Crippen molar-refractivity contribution in [2.45, 2.75) is 21.8 Å². The fraction of sp³-hybridized carbons (Fsp3) is 0.0800. The Kier molecular flexibility index (Phi) is 7.45. The lowest BCUT2D eigenvalue weighted by Gasteiger charge is -2.26. The molecule has 178 valence electrons. The van der Waals surface area contributed by atoms with Crippen LogP contribution in [0.3, 0.4) is 0 Å². The maximum absolute atomic E-state index is 13.3. The summed E-state index contributed by atoms with van der Waals surface area (Å²) in [6.45, 7) is 0.